The molecule has 0 heterocycles. The Balaban J connectivity index is 0.949. The van der Waals surface area contributed by atoms with Crippen LogP contribution in [0.4, 0.5) is 0 Å². The highest BCUT2D eigenvalue weighted by Crippen LogP contribution is 2.43. The van der Waals surface area contributed by atoms with Gasteiger partial charge in [0.15, 0.2) is 0 Å². The summed E-state index contributed by atoms with van der Waals surface area (Å²) in [7, 11) is 0. The molecule has 0 spiro atoms. The van der Waals surface area contributed by atoms with Gasteiger partial charge in [-0.05, 0) is 172 Å². The van der Waals surface area contributed by atoms with Gasteiger partial charge < -0.3 is 10.2 Å². The van der Waals surface area contributed by atoms with E-state index in [1.54, 1.807) is 12.1 Å². The van der Waals surface area contributed by atoms with Gasteiger partial charge in [-0.3, -0.25) is 0 Å². The monoisotopic (exact) mass is 718 g/mol. The SMILES string of the molecule is Oc1cc(C2=CC=CC(c3ccc4c5ccccc5c5ccccc5c4c3)C2)cc(-c2cc(O)cc(-c3ccc4c5c(c6ccccc6c4c3)C=CCC5)c2)c1. The van der Waals surface area contributed by atoms with Gasteiger partial charge in [0.25, 0.3) is 0 Å². The van der Waals surface area contributed by atoms with Crippen molar-refractivity contribution in [2.24, 2.45) is 0 Å². The molecule has 56 heavy (non-hydrogen) atoms. The first kappa shape index (κ1) is 32.5. The molecule has 9 aromatic carbocycles. The summed E-state index contributed by atoms with van der Waals surface area (Å²) in [5.74, 6) is 0.585. The molecule has 2 heteroatoms. The highest BCUT2D eigenvalue weighted by Gasteiger charge is 2.20. The fourth-order valence-corrected chi connectivity index (χ4v) is 9.54. The molecule has 0 saturated heterocycles. The second-order valence-electron chi connectivity index (χ2n) is 15.5. The molecular formula is C54H38O2. The van der Waals surface area contributed by atoms with Crippen molar-refractivity contribution in [3.8, 4) is 33.8 Å². The molecule has 0 aliphatic heterocycles. The fraction of sp³-hybridized carbons (Fsp3) is 0.0741. The largest absolute Gasteiger partial charge is 0.508 e. The topological polar surface area (TPSA) is 40.5 Å². The standard InChI is InChI=1S/C54H38O2/c55-41-27-37(34-11-9-10-33(24-34)35-20-22-51-47-16-3-1-12-43(47)45-14-5-7-18-49(45)53(51)31-35)25-39(29-41)40-26-38(28-42(56)30-40)36-21-23-52-48-17-4-2-13-44(48)46-15-6-8-19-50(46)54(52)32-36/h1-3,5-16,18-23,25-33,55-56H,4,17,24H2. The Morgan fingerprint density at radius 2 is 0.982 bits per heavy atom. The van der Waals surface area contributed by atoms with E-state index in [0.29, 0.717) is 0 Å². The lowest BCUT2D eigenvalue weighted by Gasteiger charge is -2.21. The molecule has 11 rings (SSSR count). The van der Waals surface area contributed by atoms with E-state index in [1.807, 2.05) is 12.1 Å². The van der Waals surface area contributed by atoms with E-state index in [4.69, 9.17) is 0 Å². The number of aromatic hydroxyl groups is 2. The number of hydrogen-bond donors (Lipinski definition) is 2. The van der Waals surface area contributed by atoms with Crippen molar-refractivity contribution >= 4 is 65.5 Å². The van der Waals surface area contributed by atoms with Crippen molar-refractivity contribution in [3.05, 3.63) is 192 Å². The molecule has 0 bridgehead atoms. The Labute approximate surface area is 325 Å². The molecule has 0 aromatic heterocycles. The van der Waals surface area contributed by atoms with Gasteiger partial charge in [-0.2, -0.15) is 0 Å². The fourth-order valence-electron chi connectivity index (χ4n) is 9.54. The molecule has 2 aliphatic rings. The van der Waals surface area contributed by atoms with Crippen LogP contribution in [-0.2, 0) is 6.42 Å². The smallest absolute Gasteiger partial charge is 0.116 e. The van der Waals surface area contributed by atoms with Crippen molar-refractivity contribution < 1.29 is 10.2 Å². The van der Waals surface area contributed by atoms with Crippen LogP contribution >= 0.6 is 0 Å². The lowest BCUT2D eigenvalue weighted by Crippen LogP contribution is -2.01. The van der Waals surface area contributed by atoms with Crippen LogP contribution in [0, 0.1) is 0 Å². The van der Waals surface area contributed by atoms with Crippen molar-refractivity contribution in [2.75, 3.05) is 0 Å². The Kier molecular flexibility index (Phi) is 7.47. The lowest BCUT2D eigenvalue weighted by atomic mass is 9.83. The average Bonchev–Trinajstić information content (AvgIpc) is 3.26. The zero-order valence-electron chi connectivity index (χ0n) is 30.8. The molecule has 2 nitrogen and oxygen atoms in total. The number of phenolic OH excluding ortho intramolecular Hbond substituents is 2. The molecule has 1 unspecified atom stereocenters. The third-order valence-corrected chi connectivity index (χ3v) is 12.2. The highest BCUT2D eigenvalue weighted by molar-refractivity contribution is 6.25. The minimum atomic E-state index is 0.188. The summed E-state index contributed by atoms with van der Waals surface area (Å²) in [5, 5.41) is 35.0. The molecular weight excluding hydrogens is 681 g/mol. The summed E-state index contributed by atoms with van der Waals surface area (Å²) in [4.78, 5) is 0. The lowest BCUT2D eigenvalue weighted by molar-refractivity contribution is 0.474. The van der Waals surface area contributed by atoms with Crippen molar-refractivity contribution in [1.82, 2.24) is 0 Å². The quantitative estimate of drug-likeness (QED) is 0.178. The van der Waals surface area contributed by atoms with Crippen molar-refractivity contribution in [2.45, 2.75) is 25.2 Å². The predicted molar refractivity (Wildman–Crippen MR) is 236 cm³/mol. The van der Waals surface area contributed by atoms with Crippen LogP contribution in [-0.4, -0.2) is 10.2 Å². The van der Waals surface area contributed by atoms with Crippen LogP contribution in [0.25, 0.3) is 87.8 Å². The molecule has 0 fully saturated rings. The van der Waals surface area contributed by atoms with Crippen LogP contribution in [0.5, 0.6) is 11.5 Å². The molecule has 9 aromatic rings. The van der Waals surface area contributed by atoms with Gasteiger partial charge in [0.05, 0.1) is 0 Å². The van der Waals surface area contributed by atoms with Gasteiger partial charge in [-0.25, -0.2) is 0 Å². The van der Waals surface area contributed by atoms with E-state index in [9.17, 15) is 10.2 Å². The highest BCUT2D eigenvalue weighted by atomic mass is 16.3. The normalized spacial score (nSPS) is 15.2. The number of fused-ring (bicyclic) bond motifs is 12. The molecule has 2 N–H and O–H groups in total. The second kappa shape index (κ2) is 12.9. The first-order valence-electron chi connectivity index (χ1n) is 19.6. The zero-order valence-corrected chi connectivity index (χ0v) is 30.8. The van der Waals surface area contributed by atoms with Crippen molar-refractivity contribution in [1.29, 1.82) is 0 Å². The number of aryl methyl sites for hydroxylation is 1. The van der Waals surface area contributed by atoms with Gasteiger partial charge in [-0.1, -0.05) is 127 Å². The first-order chi connectivity index (χ1) is 27.6. The molecule has 0 radical (unpaired) electrons. The van der Waals surface area contributed by atoms with Crippen LogP contribution in [0.1, 0.15) is 41.0 Å². The van der Waals surface area contributed by atoms with Gasteiger partial charge in [0, 0.05) is 5.92 Å². The van der Waals surface area contributed by atoms with Crippen LogP contribution in [0.2, 0.25) is 0 Å². The summed E-state index contributed by atoms with van der Waals surface area (Å²) >= 11 is 0. The van der Waals surface area contributed by atoms with E-state index in [0.717, 1.165) is 52.7 Å². The summed E-state index contributed by atoms with van der Waals surface area (Å²) < 4.78 is 0. The van der Waals surface area contributed by atoms with Gasteiger partial charge in [0.1, 0.15) is 11.5 Å². The molecule has 0 amide bonds. The zero-order chi connectivity index (χ0) is 37.3. The summed E-state index contributed by atoms with van der Waals surface area (Å²) in [6.07, 6.45) is 14.1. The van der Waals surface area contributed by atoms with Crippen LogP contribution < -0.4 is 0 Å². The number of rotatable bonds is 4. The van der Waals surface area contributed by atoms with Gasteiger partial charge in [-0.15, -0.1) is 0 Å². The van der Waals surface area contributed by atoms with Gasteiger partial charge >= 0.3 is 0 Å². The van der Waals surface area contributed by atoms with Crippen LogP contribution in [0.3, 0.4) is 0 Å². The molecule has 2 aliphatic carbocycles. The third-order valence-electron chi connectivity index (χ3n) is 12.2. The van der Waals surface area contributed by atoms with Gasteiger partial charge in [0.2, 0.25) is 0 Å². The summed E-state index contributed by atoms with van der Waals surface area (Å²) in [6, 6.07) is 51.3. The maximum absolute atomic E-state index is 11.1. The maximum Gasteiger partial charge on any atom is 0.116 e. The average molecular weight is 719 g/mol. The van der Waals surface area contributed by atoms with E-state index >= 15 is 0 Å². The number of phenols is 2. The van der Waals surface area contributed by atoms with Crippen LogP contribution in [0.15, 0.2) is 170 Å². The molecule has 0 saturated carbocycles. The number of allylic oxidation sites excluding steroid dienone is 5. The Bertz CT molecular complexity index is 3160. The summed E-state index contributed by atoms with van der Waals surface area (Å²) in [5.41, 5.74) is 9.86. The van der Waals surface area contributed by atoms with E-state index in [2.05, 4.69) is 152 Å². The molecule has 1 atom stereocenters. The maximum atomic E-state index is 11.1. The number of benzene rings is 9. The van der Waals surface area contributed by atoms with E-state index in [-0.39, 0.29) is 17.4 Å². The number of hydrogen-bond acceptors (Lipinski definition) is 2. The first-order valence-corrected chi connectivity index (χ1v) is 19.6. The Morgan fingerprint density at radius 1 is 0.446 bits per heavy atom. The summed E-state index contributed by atoms with van der Waals surface area (Å²) in [6.45, 7) is 0. The predicted octanol–water partition coefficient (Wildman–Crippen LogP) is 14.3. The Morgan fingerprint density at radius 3 is 1.68 bits per heavy atom. The third kappa shape index (κ3) is 5.33. The second-order valence-corrected chi connectivity index (χ2v) is 15.5. The van der Waals surface area contributed by atoms with Crippen molar-refractivity contribution in [3.63, 3.8) is 0 Å². The minimum absolute atomic E-state index is 0.188. The minimum Gasteiger partial charge on any atom is -0.508 e. The Hall–Kier alpha value is -6.90. The van der Waals surface area contributed by atoms with E-state index in [1.165, 1.54) is 70.6 Å². The molecule has 266 valence electrons. The van der Waals surface area contributed by atoms with E-state index < -0.39 is 0 Å².